The smallest absolute Gasteiger partial charge is 0.372 e. The maximum absolute atomic E-state index is 11.1. The Morgan fingerprint density at radius 3 is 2.90 bits per heavy atom. The van der Waals surface area contributed by atoms with Gasteiger partial charge in [-0.25, -0.2) is 9.37 Å². The first-order valence-corrected chi connectivity index (χ1v) is 6.90. The molecule has 0 aromatic heterocycles. The molecule has 0 radical (unpaired) electrons. The van der Waals surface area contributed by atoms with Gasteiger partial charge in [0.1, 0.15) is 6.54 Å². The van der Waals surface area contributed by atoms with Gasteiger partial charge in [-0.3, -0.25) is 0 Å². The van der Waals surface area contributed by atoms with Gasteiger partial charge in [0, 0.05) is 18.9 Å². The molecule has 1 saturated heterocycles. The monoisotopic (exact) mass is 290 g/mol. The van der Waals surface area contributed by atoms with Crippen molar-refractivity contribution in [2.75, 3.05) is 13.7 Å². The van der Waals surface area contributed by atoms with Gasteiger partial charge in [-0.2, -0.15) is 0 Å². The number of benzene rings is 1. The lowest BCUT2D eigenvalue weighted by molar-refractivity contribution is -0.527. The van der Waals surface area contributed by atoms with Crippen LogP contribution in [0.1, 0.15) is 24.0 Å². The summed E-state index contributed by atoms with van der Waals surface area (Å²) >= 11 is 0. The number of hydrogen-bond donors (Lipinski definition) is 2. The van der Waals surface area contributed by atoms with Crippen molar-refractivity contribution in [3.8, 4) is 11.5 Å². The fraction of sp³-hybridized carbons (Fsp3) is 0.375. The highest BCUT2D eigenvalue weighted by Gasteiger charge is 2.33. The van der Waals surface area contributed by atoms with Crippen molar-refractivity contribution < 1.29 is 24.3 Å². The molecule has 1 fully saturated rings. The van der Waals surface area contributed by atoms with Crippen molar-refractivity contribution in [2.45, 2.75) is 25.8 Å². The van der Waals surface area contributed by atoms with Crippen molar-refractivity contribution in [1.82, 2.24) is 0 Å². The zero-order chi connectivity index (χ0) is 15.4. The Balaban J connectivity index is 2.18. The molecule has 0 amide bonds. The van der Waals surface area contributed by atoms with Gasteiger partial charge < -0.3 is 14.9 Å². The number of nitrogens with zero attached hydrogens (tertiary/aromatic N) is 1. The minimum absolute atomic E-state index is 0.143. The van der Waals surface area contributed by atoms with Crippen molar-refractivity contribution in [3.63, 3.8) is 0 Å². The molecule has 0 spiro atoms. The molecule has 0 saturated carbocycles. The third kappa shape index (κ3) is 3.42. The molecular formula is C16H20NO4+. The fourth-order valence-electron chi connectivity index (χ4n) is 2.52. The lowest BCUT2D eigenvalue weighted by Gasteiger charge is -2.07. The fourth-order valence-corrected chi connectivity index (χ4v) is 2.52. The molecule has 1 heterocycles. The van der Waals surface area contributed by atoms with Crippen molar-refractivity contribution in [2.24, 2.45) is 0 Å². The van der Waals surface area contributed by atoms with Gasteiger partial charge in [-0.05, 0) is 36.3 Å². The molecule has 1 aromatic carbocycles. The van der Waals surface area contributed by atoms with E-state index in [2.05, 4.69) is 0 Å². The van der Waals surface area contributed by atoms with E-state index in [1.54, 1.807) is 19.2 Å². The molecule has 5 nitrogen and oxygen atoms in total. The quantitative estimate of drug-likeness (QED) is 0.833. The van der Waals surface area contributed by atoms with Crippen LogP contribution in [0.25, 0.3) is 6.08 Å². The summed E-state index contributed by atoms with van der Waals surface area (Å²) in [5, 5.41) is 18.9. The number of carboxylic acids is 1. The van der Waals surface area contributed by atoms with Gasteiger partial charge >= 0.3 is 5.97 Å². The van der Waals surface area contributed by atoms with Crippen LogP contribution in [-0.2, 0) is 4.79 Å². The lowest BCUT2D eigenvalue weighted by Crippen LogP contribution is -2.28. The maximum atomic E-state index is 11.1. The van der Waals surface area contributed by atoms with Gasteiger partial charge in [0.2, 0.25) is 6.04 Å². The molecular weight excluding hydrogens is 270 g/mol. The number of allylic oxidation sites excluding steroid dienone is 1. The standard InChI is InChI=1S/C16H19NO4/c1-11-9-12(10-14(21-2)15(11)18)5-3-7-17-8-4-6-13(17)16(19)20/h3,5,7,9-10,13H,4,6,8H2,1-2H3,(H,19,20)/p+1/t13-/m0/s1. The van der Waals surface area contributed by atoms with Crippen LogP contribution in [0, 0.1) is 6.92 Å². The Bertz CT molecular complexity index is 605. The lowest BCUT2D eigenvalue weighted by atomic mass is 10.1. The number of rotatable bonds is 4. The van der Waals surface area contributed by atoms with E-state index in [9.17, 15) is 9.90 Å². The van der Waals surface area contributed by atoms with E-state index in [0.717, 1.165) is 24.1 Å². The van der Waals surface area contributed by atoms with Crippen LogP contribution in [0.2, 0.25) is 0 Å². The van der Waals surface area contributed by atoms with Crippen molar-refractivity contribution in [1.29, 1.82) is 0 Å². The summed E-state index contributed by atoms with van der Waals surface area (Å²) in [6, 6.07) is 3.16. The van der Waals surface area contributed by atoms with Gasteiger partial charge in [-0.15, -0.1) is 0 Å². The second kappa shape index (κ2) is 6.43. The van der Waals surface area contributed by atoms with Crippen molar-refractivity contribution in [3.05, 3.63) is 29.3 Å². The molecule has 1 aliphatic heterocycles. The Hall–Kier alpha value is -2.30. The summed E-state index contributed by atoms with van der Waals surface area (Å²) in [5.41, 5.74) is 1.63. The predicted octanol–water partition coefficient (Wildman–Crippen LogP) is 2.05. The Morgan fingerprint density at radius 1 is 1.48 bits per heavy atom. The molecule has 21 heavy (non-hydrogen) atoms. The minimum Gasteiger partial charge on any atom is -0.504 e. The molecule has 5 heteroatoms. The number of aromatic hydroxyl groups is 1. The topological polar surface area (TPSA) is 69.8 Å². The van der Waals surface area contributed by atoms with E-state index in [0.29, 0.717) is 12.2 Å². The first-order valence-electron chi connectivity index (χ1n) is 6.90. The second-order valence-corrected chi connectivity index (χ2v) is 5.13. The second-order valence-electron chi connectivity index (χ2n) is 5.13. The van der Waals surface area contributed by atoms with E-state index in [1.165, 1.54) is 7.11 Å². The average molecular weight is 290 g/mol. The van der Waals surface area contributed by atoms with Crippen LogP contribution < -0.4 is 4.74 Å². The van der Waals surface area contributed by atoms with Gasteiger partial charge in [0.05, 0.1) is 7.11 Å². The third-order valence-corrected chi connectivity index (χ3v) is 3.65. The van der Waals surface area contributed by atoms with E-state index >= 15 is 0 Å². The largest absolute Gasteiger partial charge is 0.504 e. The molecule has 2 N–H and O–H groups in total. The van der Waals surface area contributed by atoms with Gasteiger partial charge in [-0.1, -0.05) is 0 Å². The van der Waals surface area contributed by atoms with Crippen LogP contribution in [-0.4, -0.2) is 46.7 Å². The summed E-state index contributed by atoms with van der Waals surface area (Å²) in [6.07, 6.45) is 7.08. The van der Waals surface area contributed by atoms with Crippen LogP contribution >= 0.6 is 0 Å². The molecule has 0 aliphatic carbocycles. The van der Waals surface area contributed by atoms with Crippen LogP contribution in [0.3, 0.4) is 0 Å². The highest BCUT2D eigenvalue weighted by molar-refractivity contribution is 5.78. The molecule has 1 aromatic rings. The number of phenols is 1. The highest BCUT2D eigenvalue weighted by atomic mass is 16.5. The summed E-state index contributed by atoms with van der Waals surface area (Å²) in [6.45, 7) is 2.57. The first-order chi connectivity index (χ1) is 10.0. The maximum Gasteiger partial charge on any atom is 0.372 e. The SMILES string of the molecule is COc1cc(/C=C/C=[N+]2CCC[C@H]2C(=O)O)cc(C)c1O. The number of aryl methyl sites for hydroxylation is 1. The Morgan fingerprint density at radius 2 is 2.24 bits per heavy atom. The predicted molar refractivity (Wildman–Crippen MR) is 80.3 cm³/mol. The van der Waals surface area contributed by atoms with Crippen LogP contribution in [0.5, 0.6) is 11.5 Å². The van der Waals surface area contributed by atoms with Gasteiger partial charge in [0.15, 0.2) is 17.7 Å². The molecule has 0 bridgehead atoms. The molecule has 2 rings (SSSR count). The normalized spacial score (nSPS) is 20.3. The average Bonchev–Trinajstić information content (AvgIpc) is 2.91. The molecule has 1 atom stereocenters. The number of methoxy groups -OCH3 is 1. The zero-order valence-electron chi connectivity index (χ0n) is 12.2. The van der Waals surface area contributed by atoms with Crippen molar-refractivity contribution >= 4 is 18.3 Å². The summed E-state index contributed by atoms with van der Waals surface area (Å²) in [7, 11) is 1.51. The third-order valence-electron chi connectivity index (χ3n) is 3.65. The molecule has 112 valence electrons. The zero-order valence-corrected chi connectivity index (χ0v) is 12.2. The number of carboxylic acid groups (broad SMARTS) is 1. The molecule has 1 aliphatic rings. The Kier molecular flexibility index (Phi) is 4.62. The Labute approximate surface area is 123 Å². The highest BCUT2D eigenvalue weighted by Crippen LogP contribution is 2.31. The van der Waals surface area contributed by atoms with Crippen LogP contribution in [0.4, 0.5) is 0 Å². The summed E-state index contributed by atoms with van der Waals surface area (Å²) in [4.78, 5) is 11.1. The van der Waals surface area contributed by atoms with E-state index in [1.807, 2.05) is 22.8 Å². The summed E-state index contributed by atoms with van der Waals surface area (Å²) in [5.74, 6) is -0.206. The van der Waals surface area contributed by atoms with Crippen LogP contribution in [0.15, 0.2) is 18.2 Å². The number of phenolic OH excluding ortho intramolecular Hbond substituents is 1. The number of aliphatic carboxylic acids is 1. The van der Waals surface area contributed by atoms with E-state index in [-0.39, 0.29) is 5.75 Å². The number of carbonyl (C=O) groups is 1. The molecule has 0 unspecified atom stereocenters. The number of hydrogen-bond acceptors (Lipinski definition) is 3. The van der Waals surface area contributed by atoms with E-state index < -0.39 is 12.0 Å². The summed E-state index contributed by atoms with van der Waals surface area (Å²) < 4.78 is 6.95. The number of ether oxygens (including phenoxy) is 1. The van der Waals surface area contributed by atoms with Gasteiger partial charge in [0.25, 0.3) is 0 Å². The van der Waals surface area contributed by atoms with E-state index in [4.69, 9.17) is 9.84 Å². The minimum atomic E-state index is -0.778. The first kappa shape index (κ1) is 15.1.